The predicted octanol–water partition coefficient (Wildman–Crippen LogP) is 4.48. The maximum Gasteiger partial charge on any atom is 0.252 e. The van der Waals surface area contributed by atoms with E-state index in [1.54, 1.807) is 7.11 Å². The number of methoxy groups -OCH3 is 1. The molecule has 2 N–H and O–H groups in total. The number of aliphatic hydroxyl groups is 1. The molecule has 0 aliphatic carbocycles. The van der Waals surface area contributed by atoms with Crippen LogP contribution in [0.1, 0.15) is 43.1 Å². The van der Waals surface area contributed by atoms with Gasteiger partial charge in [-0.3, -0.25) is 4.79 Å². The van der Waals surface area contributed by atoms with E-state index in [0.717, 1.165) is 16.7 Å². The van der Waals surface area contributed by atoms with E-state index >= 15 is 0 Å². The summed E-state index contributed by atoms with van der Waals surface area (Å²) in [5.74, 6) is 1.56. The van der Waals surface area contributed by atoms with Crippen LogP contribution in [0.5, 0.6) is 11.5 Å². The molecule has 194 valence electrons. The highest BCUT2D eigenvalue weighted by Gasteiger charge is 2.53. The molecule has 0 bridgehead atoms. The van der Waals surface area contributed by atoms with E-state index in [1.165, 1.54) is 0 Å². The van der Waals surface area contributed by atoms with Crippen molar-refractivity contribution in [3.05, 3.63) is 95.6 Å². The van der Waals surface area contributed by atoms with Crippen LogP contribution in [0.3, 0.4) is 0 Å². The molecule has 3 aromatic carbocycles. The number of aliphatic imine (C=N–C) groups is 1. The lowest BCUT2D eigenvalue weighted by atomic mass is 9.81. The first kappa shape index (κ1) is 26.2. The number of carbonyl (C=O) groups is 1. The zero-order chi connectivity index (χ0) is 26.3. The van der Waals surface area contributed by atoms with Gasteiger partial charge in [-0.1, -0.05) is 42.5 Å². The highest BCUT2D eigenvalue weighted by atomic mass is 16.5. The van der Waals surface area contributed by atoms with Crippen molar-refractivity contribution in [2.75, 3.05) is 20.3 Å². The molecule has 0 saturated heterocycles. The largest absolute Gasteiger partial charge is 0.497 e. The Hall–Kier alpha value is -3.84. The minimum atomic E-state index is -1.23. The second kappa shape index (κ2) is 11.9. The molecule has 0 spiro atoms. The van der Waals surface area contributed by atoms with Gasteiger partial charge in [0.1, 0.15) is 11.5 Å². The van der Waals surface area contributed by atoms with Crippen molar-refractivity contribution in [3.63, 3.8) is 0 Å². The van der Waals surface area contributed by atoms with E-state index in [2.05, 4.69) is 5.32 Å². The first-order valence-corrected chi connectivity index (χ1v) is 12.5. The molecule has 4 rings (SSSR count). The monoisotopic (exact) mass is 502 g/mol. The number of hydrogen-bond donors (Lipinski definition) is 2. The van der Waals surface area contributed by atoms with Gasteiger partial charge in [-0.15, -0.1) is 0 Å². The van der Waals surface area contributed by atoms with Crippen molar-refractivity contribution in [1.29, 1.82) is 0 Å². The highest BCUT2D eigenvalue weighted by Crippen LogP contribution is 2.43. The summed E-state index contributed by atoms with van der Waals surface area (Å²) < 4.78 is 17.7. The summed E-state index contributed by atoms with van der Waals surface area (Å²) in [6.45, 7) is 4.38. The van der Waals surface area contributed by atoms with Gasteiger partial charge in [-0.05, 0) is 61.4 Å². The average molecular weight is 503 g/mol. The standard InChI is InChI=1S/C30H34N2O5/c1-21(2)31-29(34)30(20-22-9-5-4-6-10-22)27(24-11-7-12-26(19-24)35-3)37-28(32-30)23-13-15-25(16-14-23)36-18-8-17-33/h4-7,9-16,19,21,27,33H,8,17-18,20H2,1-3H3,(H,31,34)/t27-,30-/m1/s1. The molecule has 0 unspecified atom stereocenters. The first-order valence-electron chi connectivity index (χ1n) is 12.5. The Kier molecular flexibility index (Phi) is 8.46. The van der Waals surface area contributed by atoms with Gasteiger partial charge < -0.3 is 24.6 Å². The molecule has 2 atom stereocenters. The summed E-state index contributed by atoms with van der Waals surface area (Å²) in [4.78, 5) is 19.0. The van der Waals surface area contributed by atoms with Crippen LogP contribution in [0.4, 0.5) is 0 Å². The molecule has 7 nitrogen and oxygen atoms in total. The van der Waals surface area contributed by atoms with E-state index in [0.29, 0.717) is 36.8 Å². The van der Waals surface area contributed by atoms with Crippen LogP contribution >= 0.6 is 0 Å². The Morgan fingerprint density at radius 1 is 1.05 bits per heavy atom. The zero-order valence-corrected chi connectivity index (χ0v) is 21.5. The van der Waals surface area contributed by atoms with Crippen molar-refractivity contribution < 1.29 is 24.1 Å². The zero-order valence-electron chi connectivity index (χ0n) is 21.5. The fourth-order valence-corrected chi connectivity index (χ4v) is 4.38. The lowest BCUT2D eigenvalue weighted by Gasteiger charge is -2.31. The molecule has 0 fully saturated rings. The quantitative estimate of drug-likeness (QED) is 0.378. The van der Waals surface area contributed by atoms with Crippen molar-refractivity contribution in [3.8, 4) is 11.5 Å². The number of aliphatic hydroxyl groups excluding tert-OH is 1. The van der Waals surface area contributed by atoms with Crippen LogP contribution in [-0.4, -0.2) is 48.8 Å². The summed E-state index contributed by atoms with van der Waals surface area (Å²) in [5.41, 5.74) is 1.30. The number of nitrogens with one attached hydrogen (secondary N) is 1. The Morgan fingerprint density at radius 3 is 2.49 bits per heavy atom. The lowest BCUT2D eigenvalue weighted by molar-refractivity contribution is -0.129. The SMILES string of the molecule is COc1cccc([C@H]2OC(c3ccc(OCCCO)cc3)=N[C@@]2(Cc2ccccc2)C(=O)NC(C)C)c1. The summed E-state index contributed by atoms with van der Waals surface area (Å²) in [5, 5.41) is 12.1. The minimum Gasteiger partial charge on any atom is -0.497 e. The fourth-order valence-electron chi connectivity index (χ4n) is 4.38. The summed E-state index contributed by atoms with van der Waals surface area (Å²) in [6.07, 6.45) is 0.254. The van der Waals surface area contributed by atoms with Gasteiger partial charge in [0, 0.05) is 31.1 Å². The number of hydrogen-bond acceptors (Lipinski definition) is 6. The summed E-state index contributed by atoms with van der Waals surface area (Å²) in [7, 11) is 1.61. The summed E-state index contributed by atoms with van der Waals surface area (Å²) in [6, 6.07) is 24.8. The molecule has 37 heavy (non-hydrogen) atoms. The van der Waals surface area contributed by atoms with Crippen LogP contribution in [0.15, 0.2) is 83.9 Å². The highest BCUT2D eigenvalue weighted by molar-refractivity contribution is 6.01. The van der Waals surface area contributed by atoms with Gasteiger partial charge >= 0.3 is 0 Å². The number of ether oxygens (including phenoxy) is 3. The molecular weight excluding hydrogens is 468 g/mol. The van der Waals surface area contributed by atoms with Crippen molar-refractivity contribution in [2.24, 2.45) is 4.99 Å². The van der Waals surface area contributed by atoms with Crippen LogP contribution in [0.25, 0.3) is 0 Å². The van der Waals surface area contributed by atoms with E-state index in [9.17, 15) is 4.79 Å². The van der Waals surface area contributed by atoms with Crippen LogP contribution < -0.4 is 14.8 Å². The predicted molar refractivity (Wildman–Crippen MR) is 143 cm³/mol. The van der Waals surface area contributed by atoms with Gasteiger partial charge in [-0.2, -0.15) is 0 Å². The maximum atomic E-state index is 13.9. The molecule has 1 aliphatic rings. The van der Waals surface area contributed by atoms with E-state index in [4.69, 9.17) is 24.3 Å². The number of benzene rings is 3. The van der Waals surface area contributed by atoms with Gasteiger partial charge in [0.05, 0.1) is 13.7 Å². The third kappa shape index (κ3) is 6.12. The van der Waals surface area contributed by atoms with Gasteiger partial charge in [0.15, 0.2) is 11.6 Å². The van der Waals surface area contributed by atoms with Crippen molar-refractivity contribution >= 4 is 11.8 Å². The first-order chi connectivity index (χ1) is 17.9. The molecule has 0 saturated carbocycles. The van der Waals surface area contributed by atoms with Gasteiger partial charge in [0.2, 0.25) is 5.90 Å². The molecule has 1 heterocycles. The molecule has 7 heteroatoms. The topological polar surface area (TPSA) is 89.4 Å². The smallest absolute Gasteiger partial charge is 0.252 e. The fraction of sp³-hybridized carbons (Fsp3) is 0.333. The molecule has 1 aliphatic heterocycles. The molecule has 3 aromatic rings. The molecule has 0 radical (unpaired) electrons. The van der Waals surface area contributed by atoms with Gasteiger partial charge in [-0.25, -0.2) is 4.99 Å². The third-order valence-corrected chi connectivity index (χ3v) is 6.16. The van der Waals surface area contributed by atoms with Crippen molar-refractivity contribution in [2.45, 2.75) is 44.4 Å². The number of nitrogens with zero attached hydrogens (tertiary/aromatic N) is 1. The molecule has 0 aromatic heterocycles. The van der Waals surface area contributed by atoms with Crippen LogP contribution in [0, 0.1) is 0 Å². The van der Waals surface area contributed by atoms with Crippen LogP contribution in [0.2, 0.25) is 0 Å². The average Bonchev–Trinajstić information content (AvgIpc) is 3.30. The van der Waals surface area contributed by atoms with E-state index in [-0.39, 0.29) is 18.6 Å². The Balaban J connectivity index is 1.78. The number of amides is 1. The Bertz CT molecular complexity index is 1210. The van der Waals surface area contributed by atoms with Crippen LogP contribution in [-0.2, 0) is 16.0 Å². The lowest BCUT2D eigenvalue weighted by Crippen LogP contribution is -2.51. The normalized spacial score (nSPS) is 18.7. The minimum absolute atomic E-state index is 0.0688. The molecular formula is C30H34N2O5. The van der Waals surface area contributed by atoms with E-state index in [1.807, 2.05) is 92.7 Å². The Labute approximate surface area is 218 Å². The maximum absolute atomic E-state index is 13.9. The number of rotatable bonds is 11. The second-order valence-electron chi connectivity index (χ2n) is 9.36. The Morgan fingerprint density at radius 2 is 1.81 bits per heavy atom. The van der Waals surface area contributed by atoms with Gasteiger partial charge in [0.25, 0.3) is 5.91 Å². The third-order valence-electron chi connectivity index (χ3n) is 6.16. The summed E-state index contributed by atoms with van der Waals surface area (Å²) >= 11 is 0. The molecule has 1 amide bonds. The number of carbonyl (C=O) groups excluding carboxylic acids is 1. The van der Waals surface area contributed by atoms with Crippen molar-refractivity contribution in [1.82, 2.24) is 5.32 Å². The van der Waals surface area contributed by atoms with E-state index < -0.39 is 11.6 Å². The second-order valence-corrected chi connectivity index (χ2v) is 9.36.